The largest absolute Gasteiger partial charge is 0.481 e. The fourth-order valence-corrected chi connectivity index (χ4v) is 10.9. The maximum atomic E-state index is 14.6. The Balaban J connectivity index is 1.52. The van der Waals surface area contributed by atoms with Crippen molar-refractivity contribution in [1.29, 1.82) is 0 Å². The lowest BCUT2D eigenvalue weighted by Crippen LogP contribution is -2.61. The number of aliphatic hydroxyl groups is 3. The van der Waals surface area contributed by atoms with E-state index in [-0.39, 0.29) is 57.3 Å². The van der Waals surface area contributed by atoms with Crippen LogP contribution in [0.1, 0.15) is 108 Å². The number of aliphatic carboxylic acids is 6. The molecule has 0 aliphatic carbocycles. The number of aromatic amines is 2. The Morgan fingerprint density at radius 3 is 1.13 bits per heavy atom. The second-order valence-corrected chi connectivity index (χ2v) is 24.4. The lowest BCUT2D eigenvalue weighted by molar-refractivity contribution is -0.144. The van der Waals surface area contributed by atoms with Gasteiger partial charge in [0.25, 0.3) is 0 Å². The van der Waals surface area contributed by atoms with Crippen LogP contribution in [0.5, 0.6) is 0 Å². The first kappa shape index (κ1) is 86.6. The number of nitrogens with two attached hydrogens (primary N) is 2. The molecule has 0 radical (unpaired) electrons. The molecule has 2 aromatic rings. The summed E-state index contributed by atoms with van der Waals surface area (Å²) in [6.07, 6.45) is -4.30. The maximum Gasteiger partial charge on any atom is 0.326 e. The number of hydrogen-bond acceptors (Lipinski definition) is 25. The van der Waals surface area contributed by atoms with Gasteiger partial charge >= 0.3 is 35.8 Å². The second-order valence-electron chi connectivity index (χ2n) is 24.4. The van der Waals surface area contributed by atoms with E-state index in [1.165, 1.54) is 25.0 Å². The zero-order valence-electron chi connectivity index (χ0n) is 56.6. The van der Waals surface area contributed by atoms with Crippen LogP contribution >= 0.6 is 0 Å². The molecule has 0 spiro atoms. The van der Waals surface area contributed by atoms with Crippen molar-refractivity contribution in [3.63, 3.8) is 0 Å². The van der Waals surface area contributed by atoms with Gasteiger partial charge < -0.3 is 130 Å². The molecule has 2 aliphatic heterocycles. The Bertz CT molecular complexity index is 3510. The highest BCUT2D eigenvalue weighted by atomic mass is 16.4. The Labute approximate surface area is 599 Å². The lowest BCUT2D eigenvalue weighted by Gasteiger charge is -2.31. The first-order chi connectivity index (χ1) is 50.1. The van der Waals surface area contributed by atoms with Gasteiger partial charge in [0.15, 0.2) is 0 Å². The molecule has 4 rings (SSSR count). The zero-order valence-corrected chi connectivity index (χ0v) is 56.6. The SMILES string of the molecule is NC(=O)CC[C@H](NC(=O)[C@H](Cc1cnc[nH]1)NC(=O)[C@@H]1CCCN1C(=O)[C@H](CO)NC(=O)[C@H](CO)NC(=O)[C@@H](N)Cc1cnc[nH]1)C(=O)N1CCC[C@H]1C(=O)N[C@@H](CO)C(=O)N[C@@H](CCC(=O)O)C(=O)N[C@@H](CC(=O)O)C(=O)N[C@@H](CCC(=O)O)C(=O)N[C@@H](CCC(=O)O)C(=O)N[C@@H](CCC(=O)O)C(=O)O. The van der Waals surface area contributed by atoms with Gasteiger partial charge in [0.2, 0.25) is 76.8 Å². The van der Waals surface area contributed by atoms with E-state index in [1.807, 2.05) is 21.3 Å². The summed E-state index contributed by atoms with van der Waals surface area (Å²) in [5.41, 5.74) is 12.1. The van der Waals surface area contributed by atoms with Crippen LogP contribution in [0.2, 0.25) is 0 Å². The molecule has 0 aromatic carbocycles. The number of carboxylic acid groups (broad SMARTS) is 6. The van der Waals surface area contributed by atoms with Crippen LogP contribution in [0.4, 0.5) is 0 Å². The van der Waals surface area contributed by atoms with E-state index in [4.69, 9.17) is 16.6 Å². The number of imidazole rings is 2. The average molecular weight is 1510 g/mol. The average Bonchev–Trinajstić information content (AvgIpc) is 1.65. The smallest absolute Gasteiger partial charge is 0.326 e. The van der Waals surface area contributed by atoms with E-state index >= 15 is 0 Å². The van der Waals surface area contributed by atoms with Gasteiger partial charge in [-0.2, -0.15) is 0 Å². The molecule has 2 aliphatic rings. The highest BCUT2D eigenvalue weighted by Crippen LogP contribution is 2.22. The van der Waals surface area contributed by atoms with Crippen LogP contribution in [0.25, 0.3) is 0 Å². The van der Waals surface area contributed by atoms with Crippen LogP contribution < -0.4 is 64.6 Å². The Morgan fingerprint density at radius 2 is 0.736 bits per heavy atom. The highest BCUT2D eigenvalue weighted by Gasteiger charge is 2.43. The summed E-state index contributed by atoms with van der Waals surface area (Å²) in [6.45, 7) is -3.64. The first-order valence-corrected chi connectivity index (χ1v) is 32.8. The minimum Gasteiger partial charge on any atom is -0.481 e. The summed E-state index contributed by atoms with van der Waals surface area (Å²) in [5.74, 6) is -25.4. The van der Waals surface area contributed by atoms with Crippen molar-refractivity contribution in [2.24, 2.45) is 11.5 Å². The van der Waals surface area contributed by atoms with E-state index in [9.17, 15) is 132 Å². The number of H-pyrrole nitrogens is 2. The third-order valence-electron chi connectivity index (χ3n) is 16.5. The van der Waals surface area contributed by atoms with Gasteiger partial charge in [-0.25, -0.2) is 14.8 Å². The van der Waals surface area contributed by atoms with Gasteiger partial charge in [-0.1, -0.05) is 0 Å². The summed E-state index contributed by atoms with van der Waals surface area (Å²) in [5, 5.41) is 109. The number of hydrogen-bond donors (Lipinski definition) is 23. The predicted octanol–water partition coefficient (Wildman–Crippen LogP) is -10.7. The van der Waals surface area contributed by atoms with Gasteiger partial charge in [-0.3, -0.25) is 86.3 Å². The Hall–Kier alpha value is -11.8. The molecule has 46 heteroatoms. The van der Waals surface area contributed by atoms with Crippen molar-refractivity contribution < 1.29 is 137 Å². The topological polar surface area (TPSA) is 743 Å². The second kappa shape index (κ2) is 42.7. The molecule has 25 N–H and O–H groups in total. The van der Waals surface area contributed by atoms with Gasteiger partial charge in [-0.05, 0) is 57.8 Å². The van der Waals surface area contributed by atoms with Crippen molar-refractivity contribution in [3.8, 4) is 0 Å². The molecular weight excluding hydrogens is 1420 g/mol. The first-order valence-electron chi connectivity index (χ1n) is 32.8. The molecule has 0 unspecified atom stereocenters. The predicted molar refractivity (Wildman–Crippen MR) is 348 cm³/mol. The number of aliphatic hydroxyl groups excluding tert-OH is 3. The number of amides is 13. The number of rotatable bonds is 47. The summed E-state index contributed by atoms with van der Waals surface area (Å²) >= 11 is 0. The zero-order chi connectivity index (χ0) is 79.1. The molecule has 13 amide bonds. The maximum absolute atomic E-state index is 14.6. The summed E-state index contributed by atoms with van der Waals surface area (Å²) < 4.78 is 0. The lowest BCUT2D eigenvalue weighted by atomic mass is 10.0. The fourth-order valence-electron chi connectivity index (χ4n) is 10.9. The molecule has 584 valence electrons. The fraction of sp³-hybridized carbons (Fsp3) is 0.583. The van der Waals surface area contributed by atoms with Crippen LogP contribution in [-0.4, -0.2) is 300 Å². The van der Waals surface area contributed by atoms with E-state index in [0.29, 0.717) is 5.69 Å². The monoisotopic (exact) mass is 1510 g/mol. The molecule has 13 atom stereocenters. The molecule has 2 aromatic heterocycles. The standard InChI is InChI=1S/C60H86N18O28/c61-29(17-27-20-63-25-65-27)48(93)74-37(22-79)55(100)76-39(24-81)59(104)78-16-2-3-40(78)56(101)73-35(18-28-21-64-26-66-28)52(97)70-33(5-10-42(62)82)58(103)77-15-1-4-41(77)57(102)75-38(23-80)54(99)69-32(8-13-45(87)88)51(96)72-36(19-47(91)92)53(98)68-30(6-11-43(83)84)49(94)67-31(7-12-44(85)86)50(95)71-34(60(105)106)9-14-46(89)90/h20-21,25-26,29-41,79-81H,1-19,22-24,61H2,(H2,62,82)(H,63,65)(H,64,66)(H,67,94)(H,68,98)(H,69,99)(H,70,97)(H,71,95)(H,72,96)(H,73,101)(H,74,93)(H,75,102)(H,76,100)(H,83,84)(H,85,86)(H,87,88)(H,89,90)(H,91,92)(H,105,106)/t29-,30-,31-,32-,33-,34-,35-,36-,37-,38-,39-,40-,41-/m0/s1. The van der Waals surface area contributed by atoms with Gasteiger partial charge in [0.05, 0.1) is 44.9 Å². The highest BCUT2D eigenvalue weighted by molar-refractivity contribution is 6.01. The van der Waals surface area contributed by atoms with Crippen LogP contribution in [-0.2, 0) is 104 Å². The van der Waals surface area contributed by atoms with E-state index in [2.05, 4.69) is 51.8 Å². The molecule has 0 bridgehead atoms. The van der Waals surface area contributed by atoms with Crippen molar-refractivity contribution in [2.75, 3.05) is 32.9 Å². The Morgan fingerprint density at radius 1 is 0.406 bits per heavy atom. The third-order valence-corrected chi connectivity index (χ3v) is 16.5. The quantitative estimate of drug-likeness (QED) is 0.0293. The molecular formula is C60H86N18O28. The van der Waals surface area contributed by atoms with E-state index in [1.54, 1.807) is 0 Å². The number of carboxylic acids is 6. The number of likely N-dealkylation sites (tertiary alicyclic amines) is 2. The van der Waals surface area contributed by atoms with Gasteiger partial charge in [0.1, 0.15) is 72.5 Å². The minimum absolute atomic E-state index is 0.0237. The summed E-state index contributed by atoms with van der Waals surface area (Å²) in [4.78, 5) is 264. The van der Waals surface area contributed by atoms with Crippen molar-refractivity contribution in [3.05, 3.63) is 36.4 Å². The van der Waals surface area contributed by atoms with E-state index in [0.717, 1.165) is 9.80 Å². The Kier molecular flexibility index (Phi) is 34.9. The van der Waals surface area contributed by atoms with E-state index < -0.39 is 282 Å². The van der Waals surface area contributed by atoms with Crippen LogP contribution in [0.15, 0.2) is 25.0 Å². The third kappa shape index (κ3) is 28.1. The van der Waals surface area contributed by atoms with Crippen LogP contribution in [0, 0.1) is 0 Å². The van der Waals surface area contributed by atoms with Gasteiger partial charge in [0, 0.05) is 81.8 Å². The molecule has 106 heavy (non-hydrogen) atoms. The summed E-state index contributed by atoms with van der Waals surface area (Å²) in [7, 11) is 0. The normalized spacial score (nSPS) is 17.0. The molecule has 0 saturated carbocycles. The minimum atomic E-state index is -2.30. The molecule has 4 heterocycles. The number of carbonyl (C=O) groups excluding carboxylic acids is 13. The molecule has 46 nitrogen and oxygen atoms in total. The number of primary amides is 1. The van der Waals surface area contributed by atoms with Crippen molar-refractivity contribution >= 4 is 113 Å². The number of nitrogens with zero attached hydrogens (tertiary/aromatic N) is 4. The van der Waals surface area contributed by atoms with Gasteiger partial charge in [-0.15, -0.1) is 0 Å². The summed E-state index contributed by atoms with van der Waals surface area (Å²) in [6, 6.07) is -23.3. The number of carbonyl (C=O) groups is 19. The van der Waals surface area contributed by atoms with Crippen LogP contribution in [0.3, 0.4) is 0 Å². The molecule has 2 saturated heterocycles. The number of nitrogens with one attached hydrogen (secondary N) is 12. The molecule has 2 fully saturated rings. The van der Waals surface area contributed by atoms with Crippen molar-refractivity contribution in [2.45, 2.75) is 188 Å². The number of aromatic nitrogens is 4. The van der Waals surface area contributed by atoms with Crippen molar-refractivity contribution in [1.82, 2.24) is 82.9 Å².